The lowest BCUT2D eigenvalue weighted by Gasteiger charge is -2.09. The first-order chi connectivity index (χ1) is 10.6. The topological polar surface area (TPSA) is 38.3 Å². The molecule has 1 N–H and O–H groups in total. The highest BCUT2D eigenvalue weighted by molar-refractivity contribution is 7.99. The van der Waals surface area contributed by atoms with Crippen molar-refractivity contribution in [3.63, 3.8) is 0 Å². The lowest BCUT2D eigenvalue weighted by molar-refractivity contribution is -0.113. The number of amides is 1. The van der Waals surface area contributed by atoms with Gasteiger partial charge >= 0.3 is 0 Å². The van der Waals surface area contributed by atoms with Crippen molar-refractivity contribution < 1.29 is 9.53 Å². The van der Waals surface area contributed by atoms with Gasteiger partial charge in [0.1, 0.15) is 12.4 Å². The molecule has 0 spiro atoms. The van der Waals surface area contributed by atoms with E-state index >= 15 is 0 Å². The highest BCUT2D eigenvalue weighted by Crippen LogP contribution is 2.18. The Hall–Kier alpha value is -1.94. The summed E-state index contributed by atoms with van der Waals surface area (Å²) in [5, 5.41) is 2.84. The molecule has 4 heteroatoms. The fourth-order valence-corrected chi connectivity index (χ4v) is 2.62. The summed E-state index contributed by atoms with van der Waals surface area (Å²) in [6.45, 7) is 4.71. The second kappa shape index (κ2) is 7.90. The summed E-state index contributed by atoms with van der Waals surface area (Å²) in [6.07, 6.45) is 1.91. The van der Waals surface area contributed by atoms with Crippen LogP contribution in [0.5, 0.6) is 5.75 Å². The summed E-state index contributed by atoms with van der Waals surface area (Å²) >= 11 is 1.50. The summed E-state index contributed by atoms with van der Waals surface area (Å²) in [6, 6.07) is 13.9. The van der Waals surface area contributed by atoms with Crippen molar-refractivity contribution in [2.24, 2.45) is 0 Å². The monoisotopic (exact) mass is 315 g/mol. The molecular weight excluding hydrogens is 294 g/mol. The van der Waals surface area contributed by atoms with Crippen LogP contribution in [0.3, 0.4) is 0 Å². The summed E-state index contributed by atoms with van der Waals surface area (Å²) in [5.74, 6) is 1.27. The molecule has 3 nitrogen and oxygen atoms in total. The number of anilines is 1. The van der Waals surface area contributed by atoms with E-state index in [-0.39, 0.29) is 5.91 Å². The quantitative estimate of drug-likeness (QED) is 0.869. The minimum atomic E-state index is 0.0106. The Morgan fingerprint density at radius 2 is 1.73 bits per heavy atom. The van der Waals surface area contributed by atoms with Crippen LogP contribution in [-0.2, 0) is 11.4 Å². The van der Waals surface area contributed by atoms with E-state index in [0.29, 0.717) is 12.4 Å². The molecule has 0 saturated heterocycles. The molecule has 2 aromatic carbocycles. The predicted octanol–water partition coefficient (Wildman–Crippen LogP) is 4.18. The average molecular weight is 315 g/mol. The zero-order chi connectivity index (χ0) is 15.9. The van der Waals surface area contributed by atoms with Crippen molar-refractivity contribution in [2.75, 3.05) is 17.3 Å². The van der Waals surface area contributed by atoms with E-state index in [1.807, 2.05) is 30.5 Å². The number of carbonyl (C=O) groups is 1. The van der Waals surface area contributed by atoms with Crippen LogP contribution in [0, 0.1) is 13.8 Å². The lowest BCUT2D eigenvalue weighted by Crippen LogP contribution is -2.13. The maximum absolute atomic E-state index is 11.5. The lowest BCUT2D eigenvalue weighted by atomic mass is 10.1. The van der Waals surface area contributed by atoms with Gasteiger partial charge in [-0.15, -0.1) is 0 Å². The van der Waals surface area contributed by atoms with Crippen molar-refractivity contribution in [3.8, 4) is 5.75 Å². The highest BCUT2D eigenvalue weighted by Gasteiger charge is 2.02. The van der Waals surface area contributed by atoms with Crippen molar-refractivity contribution in [1.29, 1.82) is 0 Å². The summed E-state index contributed by atoms with van der Waals surface area (Å²) in [5.41, 5.74) is 4.43. The SMILES string of the molecule is CSCC(=O)Nc1ccc(OCc2cc(C)cc(C)c2)cc1. The van der Waals surface area contributed by atoms with Crippen LogP contribution in [0.4, 0.5) is 5.69 Å². The summed E-state index contributed by atoms with van der Waals surface area (Å²) < 4.78 is 5.79. The number of hydrogen-bond acceptors (Lipinski definition) is 3. The molecule has 1 amide bonds. The van der Waals surface area contributed by atoms with Crippen LogP contribution in [0.15, 0.2) is 42.5 Å². The highest BCUT2D eigenvalue weighted by atomic mass is 32.2. The Morgan fingerprint density at radius 3 is 2.32 bits per heavy atom. The first kappa shape index (κ1) is 16.4. The van der Waals surface area contributed by atoms with E-state index in [2.05, 4.69) is 37.4 Å². The Kier molecular flexibility index (Phi) is 5.90. The molecule has 0 aliphatic carbocycles. The van der Waals surface area contributed by atoms with E-state index in [0.717, 1.165) is 17.0 Å². The molecule has 2 rings (SSSR count). The van der Waals surface area contributed by atoms with Crippen molar-refractivity contribution in [3.05, 3.63) is 59.2 Å². The normalized spacial score (nSPS) is 10.3. The van der Waals surface area contributed by atoms with Crippen molar-refractivity contribution >= 4 is 23.4 Å². The van der Waals surface area contributed by atoms with Crippen molar-refractivity contribution in [2.45, 2.75) is 20.5 Å². The minimum Gasteiger partial charge on any atom is -0.489 e. The first-order valence-corrected chi connectivity index (χ1v) is 8.55. The Balaban J connectivity index is 1.92. The third-order valence-electron chi connectivity index (χ3n) is 3.10. The molecule has 0 heterocycles. The van der Waals surface area contributed by atoms with Gasteiger partial charge in [-0.25, -0.2) is 0 Å². The van der Waals surface area contributed by atoms with Gasteiger partial charge in [0, 0.05) is 5.69 Å². The molecule has 0 fully saturated rings. The molecule has 0 aromatic heterocycles. The van der Waals surface area contributed by atoms with E-state index in [9.17, 15) is 4.79 Å². The molecule has 116 valence electrons. The van der Waals surface area contributed by atoms with Crippen LogP contribution < -0.4 is 10.1 Å². The fourth-order valence-electron chi connectivity index (χ4n) is 2.28. The molecule has 0 unspecified atom stereocenters. The summed E-state index contributed by atoms with van der Waals surface area (Å²) in [7, 11) is 0. The predicted molar refractivity (Wildman–Crippen MR) is 93.7 cm³/mol. The Morgan fingerprint density at radius 1 is 1.09 bits per heavy atom. The Labute approximate surface area is 136 Å². The molecule has 0 aliphatic heterocycles. The van der Waals surface area contributed by atoms with Gasteiger partial charge in [-0.2, -0.15) is 11.8 Å². The number of rotatable bonds is 6. The van der Waals surface area contributed by atoms with Crippen LogP contribution >= 0.6 is 11.8 Å². The molecule has 0 radical (unpaired) electrons. The van der Waals surface area contributed by atoms with Gasteiger partial charge in [0.25, 0.3) is 0 Å². The molecular formula is C18H21NO2S. The van der Waals surface area contributed by atoms with Gasteiger partial charge in [-0.05, 0) is 49.9 Å². The van der Waals surface area contributed by atoms with Crippen LogP contribution in [0.2, 0.25) is 0 Å². The largest absolute Gasteiger partial charge is 0.489 e. The first-order valence-electron chi connectivity index (χ1n) is 7.15. The molecule has 0 bridgehead atoms. The van der Waals surface area contributed by atoms with Crippen LogP contribution in [-0.4, -0.2) is 17.9 Å². The van der Waals surface area contributed by atoms with Gasteiger partial charge < -0.3 is 10.1 Å². The maximum atomic E-state index is 11.5. The number of nitrogens with one attached hydrogen (secondary N) is 1. The zero-order valence-corrected chi connectivity index (χ0v) is 14.0. The van der Waals surface area contributed by atoms with Gasteiger partial charge in [-0.3, -0.25) is 4.79 Å². The van der Waals surface area contributed by atoms with E-state index in [1.165, 1.54) is 22.9 Å². The van der Waals surface area contributed by atoms with Crippen molar-refractivity contribution in [1.82, 2.24) is 0 Å². The minimum absolute atomic E-state index is 0.0106. The third-order valence-corrected chi connectivity index (χ3v) is 3.65. The molecule has 0 saturated carbocycles. The van der Waals surface area contributed by atoms with Crippen LogP contribution in [0.1, 0.15) is 16.7 Å². The van der Waals surface area contributed by atoms with Gasteiger partial charge in [0.15, 0.2) is 0 Å². The molecule has 2 aromatic rings. The number of thioether (sulfide) groups is 1. The second-order valence-electron chi connectivity index (χ2n) is 5.29. The summed E-state index contributed by atoms with van der Waals surface area (Å²) in [4.78, 5) is 11.5. The standard InChI is InChI=1S/C18H21NO2S/c1-13-8-14(2)10-15(9-13)11-21-17-6-4-16(5-7-17)19-18(20)12-22-3/h4-10H,11-12H2,1-3H3,(H,19,20). The van der Waals surface area contributed by atoms with Gasteiger partial charge in [0.05, 0.1) is 5.75 Å². The van der Waals surface area contributed by atoms with E-state index in [4.69, 9.17) is 4.74 Å². The fraction of sp³-hybridized carbons (Fsp3) is 0.278. The van der Waals surface area contributed by atoms with Gasteiger partial charge in [0.2, 0.25) is 5.91 Å². The Bertz CT molecular complexity index is 618. The van der Waals surface area contributed by atoms with E-state index < -0.39 is 0 Å². The maximum Gasteiger partial charge on any atom is 0.234 e. The smallest absolute Gasteiger partial charge is 0.234 e. The number of ether oxygens (including phenoxy) is 1. The second-order valence-corrected chi connectivity index (χ2v) is 6.16. The van der Waals surface area contributed by atoms with Gasteiger partial charge in [-0.1, -0.05) is 29.3 Å². The number of hydrogen-bond donors (Lipinski definition) is 1. The average Bonchev–Trinajstić information content (AvgIpc) is 2.46. The molecule has 0 atom stereocenters. The zero-order valence-electron chi connectivity index (χ0n) is 13.2. The number of aryl methyl sites for hydroxylation is 2. The number of carbonyl (C=O) groups excluding carboxylic acids is 1. The van der Waals surface area contributed by atoms with E-state index in [1.54, 1.807) is 0 Å². The number of benzene rings is 2. The molecule has 22 heavy (non-hydrogen) atoms. The molecule has 0 aliphatic rings. The third kappa shape index (κ3) is 5.11. The van der Waals surface area contributed by atoms with Crippen LogP contribution in [0.25, 0.3) is 0 Å².